The molecule has 0 spiro atoms. The third kappa shape index (κ3) is 5.01. The minimum Gasteiger partial charge on any atom is -0.378 e. The SMILES string of the molecule is Cc1c(C(=O)NCCCOC2CCCCC2)nnn1C1CCNCC1. The molecule has 1 aromatic rings. The number of amides is 1. The Kier molecular flexibility index (Phi) is 6.81. The smallest absolute Gasteiger partial charge is 0.273 e. The summed E-state index contributed by atoms with van der Waals surface area (Å²) in [7, 11) is 0. The first kappa shape index (κ1) is 18.3. The number of aromatic nitrogens is 3. The first-order chi connectivity index (χ1) is 12.3. The van der Waals surface area contributed by atoms with Gasteiger partial charge in [-0.05, 0) is 52.1 Å². The predicted molar refractivity (Wildman–Crippen MR) is 95.7 cm³/mol. The highest BCUT2D eigenvalue weighted by molar-refractivity contribution is 5.93. The van der Waals surface area contributed by atoms with Crippen molar-refractivity contribution in [2.75, 3.05) is 26.2 Å². The molecule has 2 aliphatic rings. The lowest BCUT2D eigenvalue weighted by Crippen LogP contribution is -2.30. The molecule has 1 amide bonds. The fourth-order valence-corrected chi connectivity index (χ4v) is 3.79. The second-order valence-electron chi connectivity index (χ2n) is 7.19. The number of rotatable bonds is 7. The van der Waals surface area contributed by atoms with Crippen molar-refractivity contribution in [1.29, 1.82) is 0 Å². The van der Waals surface area contributed by atoms with Crippen LogP contribution >= 0.6 is 0 Å². The number of hydrogen-bond donors (Lipinski definition) is 2. The van der Waals surface area contributed by atoms with E-state index >= 15 is 0 Å². The predicted octanol–water partition coefficient (Wildman–Crippen LogP) is 1.98. The Balaban J connectivity index is 1.40. The molecule has 7 nitrogen and oxygen atoms in total. The normalized spacial score (nSPS) is 19.9. The first-order valence-electron chi connectivity index (χ1n) is 9.78. The Morgan fingerprint density at radius 2 is 2.00 bits per heavy atom. The zero-order chi connectivity index (χ0) is 17.5. The van der Waals surface area contributed by atoms with Gasteiger partial charge in [-0.2, -0.15) is 0 Å². The van der Waals surface area contributed by atoms with Crippen molar-refractivity contribution in [3.63, 3.8) is 0 Å². The van der Waals surface area contributed by atoms with Crippen LogP contribution in [-0.4, -0.2) is 53.2 Å². The van der Waals surface area contributed by atoms with Crippen LogP contribution in [0, 0.1) is 6.92 Å². The molecule has 0 radical (unpaired) electrons. The maximum atomic E-state index is 12.3. The molecule has 2 fully saturated rings. The van der Waals surface area contributed by atoms with Gasteiger partial charge in [-0.15, -0.1) is 5.10 Å². The highest BCUT2D eigenvalue weighted by Crippen LogP contribution is 2.21. The highest BCUT2D eigenvalue weighted by Gasteiger charge is 2.22. The quantitative estimate of drug-likeness (QED) is 0.736. The Morgan fingerprint density at radius 1 is 1.24 bits per heavy atom. The van der Waals surface area contributed by atoms with Gasteiger partial charge in [0.1, 0.15) is 0 Å². The van der Waals surface area contributed by atoms with E-state index in [1.807, 2.05) is 11.6 Å². The zero-order valence-corrected chi connectivity index (χ0v) is 15.3. The van der Waals surface area contributed by atoms with Crippen molar-refractivity contribution >= 4 is 5.91 Å². The maximum absolute atomic E-state index is 12.3. The van der Waals surface area contributed by atoms with Crippen LogP contribution in [0.15, 0.2) is 0 Å². The van der Waals surface area contributed by atoms with Crippen LogP contribution < -0.4 is 10.6 Å². The molecule has 1 saturated carbocycles. The van der Waals surface area contributed by atoms with E-state index in [2.05, 4.69) is 20.9 Å². The summed E-state index contributed by atoms with van der Waals surface area (Å²) in [4.78, 5) is 12.3. The molecule has 1 aliphatic heterocycles. The fraction of sp³-hybridized carbons (Fsp3) is 0.833. The van der Waals surface area contributed by atoms with E-state index in [1.165, 1.54) is 32.1 Å². The molecule has 140 valence electrons. The summed E-state index contributed by atoms with van der Waals surface area (Å²) < 4.78 is 7.81. The first-order valence-corrected chi connectivity index (χ1v) is 9.78. The van der Waals surface area contributed by atoms with Crippen LogP contribution in [0.4, 0.5) is 0 Å². The van der Waals surface area contributed by atoms with Crippen molar-refractivity contribution in [1.82, 2.24) is 25.6 Å². The molecule has 0 aromatic carbocycles. The van der Waals surface area contributed by atoms with Gasteiger partial charge < -0.3 is 15.4 Å². The van der Waals surface area contributed by atoms with Crippen LogP contribution in [0.1, 0.15) is 73.6 Å². The highest BCUT2D eigenvalue weighted by atomic mass is 16.5. The van der Waals surface area contributed by atoms with Crippen molar-refractivity contribution in [2.45, 2.75) is 70.4 Å². The maximum Gasteiger partial charge on any atom is 0.273 e. The number of nitrogens with zero attached hydrogens (tertiary/aromatic N) is 3. The Bertz CT molecular complexity index is 548. The van der Waals surface area contributed by atoms with Crippen molar-refractivity contribution in [3.8, 4) is 0 Å². The molecule has 2 heterocycles. The van der Waals surface area contributed by atoms with Crippen LogP contribution in [0.5, 0.6) is 0 Å². The monoisotopic (exact) mass is 349 g/mol. The van der Waals surface area contributed by atoms with Gasteiger partial charge >= 0.3 is 0 Å². The van der Waals surface area contributed by atoms with E-state index in [9.17, 15) is 4.79 Å². The molecule has 2 N–H and O–H groups in total. The Morgan fingerprint density at radius 3 is 2.76 bits per heavy atom. The second-order valence-corrected chi connectivity index (χ2v) is 7.19. The molecular weight excluding hydrogens is 318 g/mol. The van der Waals surface area contributed by atoms with Gasteiger partial charge in [0.2, 0.25) is 0 Å². The van der Waals surface area contributed by atoms with Crippen molar-refractivity contribution in [2.24, 2.45) is 0 Å². The molecule has 0 bridgehead atoms. The Hall–Kier alpha value is -1.47. The van der Waals surface area contributed by atoms with Gasteiger partial charge in [-0.1, -0.05) is 24.5 Å². The van der Waals surface area contributed by atoms with Gasteiger partial charge in [0.05, 0.1) is 17.8 Å². The van der Waals surface area contributed by atoms with Crippen LogP contribution in [0.2, 0.25) is 0 Å². The van der Waals surface area contributed by atoms with E-state index in [0.29, 0.717) is 31.0 Å². The summed E-state index contributed by atoms with van der Waals surface area (Å²) in [5.41, 5.74) is 1.31. The molecular formula is C18H31N5O2. The third-order valence-electron chi connectivity index (χ3n) is 5.31. The average molecular weight is 349 g/mol. The lowest BCUT2D eigenvalue weighted by Gasteiger charge is -2.23. The number of ether oxygens (including phenoxy) is 1. The number of carbonyl (C=O) groups is 1. The number of hydrogen-bond acceptors (Lipinski definition) is 5. The lowest BCUT2D eigenvalue weighted by molar-refractivity contribution is 0.0273. The molecule has 1 aliphatic carbocycles. The molecule has 25 heavy (non-hydrogen) atoms. The number of carbonyl (C=O) groups excluding carboxylic acids is 1. The van der Waals surface area contributed by atoms with Crippen molar-refractivity contribution in [3.05, 3.63) is 11.4 Å². The van der Waals surface area contributed by atoms with Gasteiger partial charge in [0.15, 0.2) is 5.69 Å². The summed E-state index contributed by atoms with van der Waals surface area (Å²) in [6.45, 7) is 5.25. The number of piperidine rings is 1. The lowest BCUT2D eigenvalue weighted by atomic mass is 9.98. The summed E-state index contributed by atoms with van der Waals surface area (Å²) in [6.07, 6.45) is 9.61. The van der Waals surface area contributed by atoms with Gasteiger partial charge in [0.25, 0.3) is 5.91 Å². The molecule has 1 saturated heterocycles. The third-order valence-corrected chi connectivity index (χ3v) is 5.31. The minimum absolute atomic E-state index is 0.129. The summed E-state index contributed by atoms with van der Waals surface area (Å²) in [5.74, 6) is -0.129. The van der Waals surface area contributed by atoms with Crippen LogP contribution in [0.3, 0.4) is 0 Å². The van der Waals surface area contributed by atoms with Crippen molar-refractivity contribution < 1.29 is 9.53 Å². The molecule has 0 unspecified atom stereocenters. The topological polar surface area (TPSA) is 81.1 Å². The van der Waals surface area contributed by atoms with E-state index in [4.69, 9.17) is 4.74 Å². The zero-order valence-electron chi connectivity index (χ0n) is 15.3. The Labute approximate surface area is 149 Å². The van der Waals surface area contributed by atoms with Crippen LogP contribution in [-0.2, 0) is 4.74 Å². The summed E-state index contributed by atoms with van der Waals surface area (Å²) >= 11 is 0. The number of nitrogens with one attached hydrogen (secondary N) is 2. The average Bonchev–Trinajstić information content (AvgIpc) is 3.04. The van der Waals surface area contributed by atoms with E-state index in [1.54, 1.807) is 0 Å². The van der Waals surface area contributed by atoms with E-state index in [0.717, 1.165) is 38.0 Å². The molecule has 3 rings (SSSR count). The fourth-order valence-electron chi connectivity index (χ4n) is 3.79. The van der Waals surface area contributed by atoms with E-state index in [-0.39, 0.29) is 5.91 Å². The summed E-state index contributed by atoms with van der Waals surface area (Å²) in [5, 5.41) is 14.6. The van der Waals surface area contributed by atoms with Gasteiger partial charge in [-0.3, -0.25) is 4.79 Å². The molecule has 1 aromatic heterocycles. The largest absolute Gasteiger partial charge is 0.378 e. The van der Waals surface area contributed by atoms with E-state index < -0.39 is 0 Å². The standard InChI is InChI=1S/C18H31N5O2/c1-14-17(21-22-23(14)15-8-11-19-12-9-15)18(24)20-10-5-13-25-16-6-3-2-4-7-16/h15-16,19H,2-13H2,1H3,(H,20,24). The molecule has 7 heteroatoms. The van der Waals surface area contributed by atoms with Gasteiger partial charge in [0, 0.05) is 13.2 Å². The second kappa shape index (κ2) is 9.29. The van der Waals surface area contributed by atoms with Crippen LogP contribution in [0.25, 0.3) is 0 Å². The minimum atomic E-state index is -0.129. The summed E-state index contributed by atoms with van der Waals surface area (Å²) in [6, 6.07) is 0.346. The molecule has 0 atom stereocenters. The van der Waals surface area contributed by atoms with Gasteiger partial charge in [-0.25, -0.2) is 4.68 Å².